The summed E-state index contributed by atoms with van der Waals surface area (Å²) in [4.78, 5) is 22.4. The lowest BCUT2D eigenvalue weighted by atomic mass is 10.3. The number of hydrogen-bond donors (Lipinski definition) is 4. The van der Waals surface area contributed by atoms with Gasteiger partial charge in [-0.1, -0.05) is 29.8 Å². The summed E-state index contributed by atoms with van der Waals surface area (Å²) in [6, 6.07) is 9.17. The molecule has 146 valence electrons. The summed E-state index contributed by atoms with van der Waals surface area (Å²) in [5, 5.41) is 2.63. The topological polar surface area (TPSA) is 145 Å². The molecular formula is C16H22ClN7O2S. The average molecular weight is 412 g/mol. The number of hydrogen-bond acceptors (Lipinski definition) is 8. The monoisotopic (exact) mass is 411 g/mol. The molecule has 1 aromatic heterocycles. The van der Waals surface area contributed by atoms with Gasteiger partial charge in [0.05, 0.1) is 17.9 Å². The van der Waals surface area contributed by atoms with Crippen LogP contribution < -0.4 is 21.5 Å². The van der Waals surface area contributed by atoms with Crippen molar-refractivity contribution in [2.24, 2.45) is 0 Å². The predicted molar refractivity (Wildman–Crippen MR) is 107 cm³/mol. The molecule has 0 bridgehead atoms. The molecule has 1 atom stereocenters. The van der Waals surface area contributed by atoms with Gasteiger partial charge in [-0.05, 0) is 19.2 Å². The summed E-state index contributed by atoms with van der Waals surface area (Å²) in [6.07, 6.45) is 0. The molecule has 2 aromatic rings. The first-order chi connectivity index (χ1) is 12.9. The molecule has 1 amide bonds. The lowest BCUT2D eigenvalue weighted by Gasteiger charge is -2.18. The van der Waals surface area contributed by atoms with Crippen LogP contribution in [0.2, 0.25) is 5.15 Å². The van der Waals surface area contributed by atoms with E-state index in [1.165, 1.54) is 0 Å². The highest BCUT2D eigenvalue weighted by atomic mass is 35.5. The number of halogens is 1. The van der Waals surface area contributed by atoms with E-state index in [4.69, 9.17) is 23.1 Å². The van der Waals surface area contributed by atoms with Gasteiger partial charge in [0.25, 0.3) is 5.91 Å². The van der Waals surface area contributed by atoms with Gasteiger partial charge in [0, 0.05) is 19.6 Å². The molecule has 1 heterocycles. The highest BCUT2D eigenvalue weighted by Gasteiger charge is 2.16. The number of carbonyl (C=O) groups is 1. The van der Waals surface area contributed by atoms with Gasteiger partial charge in [-0.3, -0.25) is 4.79 Å². The fourth-order valence-corrected chi connectivity index (χ4v) is 3.10. The molecule has 0 fully saturated rings. The van der Waals surface area contributed by atoms with Gasteiger partial charge >= 0.3 is 0 Å². The van der Waals surface area contributed by atoms with Crippen molar-refractivity contribution in [3.05, 3.63) is 41.2 Å². The number of benzene rings is 1. The van der Waals surface area contributed by atoms with Crippen molar-refractivity contribution < 1.29 is 9.35 Å². The quantitative estimate of drug-likeness (QED) is 0.430. The fourth-order valence-electron chi connectivity index (χ4n) is 2.12. The van der Waals surface area contributed by atoms with Crippen LogP contribution in [0, 0.1) is 0 Å². The van der Waals surface area contributed by atoms with Gasteiger partial charge in [0.1, 0.15) is 0 Å². The Kier molecular flexibility index (Phi) is 8.07. The lowest BCUT2D eigenvalue weighted by Crippen LogP contribution is -2.38. The summed E-state index contributed by atoms with van der Waals surface area (Å²) in [5.41, 5.74) is 11.1. The molecule has 0 saturated carbocycles. The van der Waals surface area contributed by atoms with E-state index in [2.05, 4.69) is 20.0 Å². The van der Waals surface area contributed by atoms with Crippen molar-refractivity contribution in [1.29, 1.82) is 0 Å². The molecule has 0 saturated heterocycles. The van der Waals surface area contributed by atoms with Crippen LogP contribution in [0.4, 0.5) is 11.6 Å². The van der Waals surface area contributed by atoms with Crippen LogP contribution >= 0.6 is 11.6 Å². The van der Waals surface area contributed by atoms with Crippen molar-refractivity contribution in [3.63, 3.8) is 0 Å². The molecule has 0 aliphatic carbocycles. The molecule has 6 N–H and O–H groups in total. The number of carbonyl (C=O) groups excluding carboxylic acids is 1. The Balaban J connectivity index is 1.69. The summed E-state index contributed by atoms with van der Waals surface area (Å²) in [7, 11) is 1.90. The van der Waals surface area contributed by atoms with E-state index in [0.717, 1.165) is 4.90 Å². The molecule has 11 heteroatoms. The Morgan fingerprint density at radius 2 is 1.85 bits per heavy atom. The smallest absolute Gasteiger partial charge is 0.273 e. The molecule has 1 aromatic carbocycles. The van der Waals surface area contributed by atoms with Crippen LogP contribution in [-0.4, -0.2) is 58.6 Å². The summed E-state index contributed by atoms with van der Waals surface area (Å²) in [6.45, 7) is 2.16. The van der Waals surface area contributed by atoms with Crippen LogP contribution in [0.5, 0.6) is 0 Å². The summed E-state index contributed by atoms with van der Waals surface area (Å²) >= 11 is 4.52. The third-order valence-corrected chi connectivity index (χ3v) is 5.03. The third-order valence-electron chi connectivity index (χ3n) is 3.58. The maximum absolute atomic E-state index is 12.1. The number of likely N-dealkylation sites (N-methyl/N-ethyl adjacent to an activating group) is 1. The van der Waals surface area contributed by atoms with Gasteiger partial charge in [-0.15, -0.1) is 4.72 Å². The Morgan fingerprint density at radius 3 is 2.56 bits per heavy atom. The van der Waals surface area contributed by atoms with Crippen molar-refractivity contribution in [3.8, 4) is 0 Å². The second-order valence-corrected chi connectivity index (χ2v) is 7.32. The standard InChI is InChI=1S/C16H22ClN7O2S/c1-24(10-8-21-27(26)11-5-3-2-4-6-11)9-7-20-16(25)12-14(18)23-15(19)13(17)22-12/h2-6,21H,7-10H2,1H3,(H,20,25)(H4,18,19,23). The molecule has 9 nitrogen and oxygen atoms in total. The number of nitrogens with two attached hydrogens (primary N) is 2. The number of nitrogens with one attached hydrogen (secondary N) is 2. The fraction of sp³-hybridized carbons (Fsp3) is 0.312. The number of anilines is 2. The number of nitrogens with zero attached hydrogens (tertiary/aromatic N) is 3. The van der Waals surface area contributed by atoms with E-state index < -0.39 is 17.3 Å². The summed E-state index contributed by atoms with van der Waals surface area (Å²) in [5.74, 6) is -0.570. The van der Waals surface area contributed by atoms with Gasteiger partial charge < -0.3 is 26.2 Å². The Hall–Kier alpha value is -2.11. The first-order valence-corrected chi connectivity index (χ1v) is 9.67. The maximum Gasteiger partial charge on any atom is 0.273 e. The second kappa shape index (κ2) is 10.3. The Labute approximate surface area is 165 Å². The van der Waals surface area contributed by atoms with Gasteiger partial charge in [-0.2, -0.15) is 0 Å². The van der Waals surface area contributed by atoms with E-state index in [0.29, 0.717) is 26.2 Å². The first kappa shape index (κ1) is 21.2. The molecule has 0 aliphatic rings. The third kappa shape index (κ3) is 6.52. The van der Waals surface area contributed by atoms with Crippen molar-refractivity contribution in [1.82, 2.24) is 24.9 Å². The van der Waals surface area contributed by atoms with Crippen LogP contribution in [-0.2, 0) is 11.4 Å². The normalized spacial score (nSPS) is 12.1. The minimum absolute atomic E-state index is 0.0224. The lowest BCUT2D eigenvalue weighted by molar-refractivity contribution is 0.0946. The molecule has 1 unspecified atom stereocenters. The molecule has 27 heavy (non-hydrogen) atoms. The van der Waals surface area contributed by atoms with Crippen LogP contribution in [0.25, 0.3) is 0 Å². The van der Waals surface area contributed by atoms with Gasteiger partial charge in [0.2, 0.25) is 0 Å². The predicted octanol–water partition coefficient (Wildman–Crippen LogP) is 0.268. The van der Waals surface area contributed by atoms with Crippen LogP contribution in [0.1, 0.15) is 10.5 Å². The maximum atomic E-state index is 12.1. The molecule has 0 aliphatic heterocycles. The zero-order valence-electron chi connectivity index (χ0n) is 14.8. The van der Waals surface area contributed by atoms with Crippen molar-refractivity contribution in [2.75, 3.05) is 44.7 Å². The Bertz CT molecular complexity index is 766. The van der Waals surface area contributed by atoms with Crippen LogP contribution in [0.15, 0.2) is 35.2 Å². The van der Waals surface area contributed by atoms with E-state index in [1.54, 1.807) is 12.1 Å². The van der Waals surface area contributed by atoms with E-state index in [1.807, 2.05) is 30.1 Å². The second-order valence-electron chi connectivity index (χ2n) is 5.67. The highest BCUT2D eigenvalue weighted by molar-refractivity contribution is 7.89. The summed E-state index contributed by atoms with van der Waals surface area (Å²) < 4.78 is 15.0. The average Bonchev–Trinajstić information content (AvgIpc) is 2.65. The molecular weight excluding hydrogens is 390 g/mol. The minimum Gasteiger partial charge on any atom is -0.593 e. The van der Waals surface area contributed by atoms with Gasteiger partial charge in [0.15, 0.2) is 27.4 Å². The molecule has 0 spiro atoms. The van der Waals surface area contributed by atoms with E-state index in [-0.39, 0.29) is 22.5 Å². The number of aromatic nitrogens is 2. The van der Waals surface area contributed by atoms with E-state index in [9.17, 15) is 9.35 Å². The molecule has 0 radical (unpaired) electrons. The highest BCUT2D eigenvalue weighted by Crippen LogP contribution is 2.17. The number of rotatable bonds is 9. The largest absolute Gasteiger partial charge is 0.593 e. The first-order valence-electron chi connectivity index (χ1n) is 8.14. The zero-order chi connectivity index (χ0) is 19.8. The van der Waals surface area contributed by atoms with Crippen LogP contribution in [0.3, 0.4) is 0 Å². The SMILES string of the molecule is CN(CCNC(=O)c1nc(Cl)c(N)nc1N)CCN[S+]([O-])c1ccccc1. The Morgan fingerprint density at radius 1 is 1.19 bits per heavy atom. The number of nitrogen functional groups attached to an aromatic ring is 2. The van der Waals surface area contributed by atoms with E-state index >= 15 is 0 Å². The van der Waals surface area contributed by atoms with Crippen molar-refractivity contribution in [2.45, 2.75) is 4.90 Å². The number of amides is 1. The van der Waals surface area contributed by atoms with Gasteiger partial charge in [-0.25, -0.2) is 9.97 Å². The molecule has 2 rings (SSSR count). The zero-order valence-corrected chi connectivity index (χ0v) is 16.4. The van der Waals surface area contributed by atoms with Crippen molar-refractivity contribution >= 4 is 40.5 Å². The minimum atomic E-state index is -1.24.